The average Bonchev–Trinajstić information content (AvgIpc) is 2.76. The highest BCUT2D eigenvalue weighted by Gasteiger charge is 2.59. The van der Waals surface area contributed by atoms with Crippen LogP contribution in [-0.4, -0.2) is 65.6 Å². The molecule has 0 aliphatic carbocycles. The third-order valence-electron chi connectivity index (χ3n) is 4.34. The van der Waals surface area contributed by atoms with Crippen LogP contribution < -0.4 is 8.61 Å². The lowest BCUT2D eigenvalue weighted by molar-refractivity contribution is -0.135. The highest BCUT2D eigenvalue weighted by Crippen LogP contribution is 2.38. The maximum absolute atomic E-state index is 13.5. The van der Waals surface area contributed by atoms with Crippen molar-refractivity contribution in [3.05, 3.63) is 48.5 Å². The zero-order valence-corrected chi connectivity index (χ0v) is 21.7. The molecule has 0 aliphatic rings. The molecule has 0 aromatic heterocycles. The van der Waals surface area contributed by atoms with E-state index in [0.717, 1.165) is 0 Å². The second-order valence-corrected chi connectivity index (χ2v) is 13.3. The Hall–Kier alpha value is -3.32. The zero-order chi connectivity index (χ0) is 31.3. The Labute approximate surface area is 220 Å². The van der Waals surface area contributed by atoms with Crippen molar-refractivity contribution in [1.82, 2.24) is 0 Å². The van der Waals surface area contributed by atoms with Crippen molar-refractivity contribution in [3.8, 4) is 0 Å². The molecule has 0 radical (unpaired) electrons. The lowest BCUT2D eigenvalue weighted by atomic mass is 10.3. The van der Waals surface area contributed by atoms with Gasteiger partial charge in [0.1, 0.15) is 9.79 Å². The van der Waals surface area contributed by atoms with Gasteiger partial charge in [-0.25, -0.2) is 0 Å². The lowest BCUT2D eigenvalue weighted by Gasteiger charge is -2.28. The number of amides is 2. The van der Waals surface area contributed by atoms with Crippen molar-refractivity contribution in [3.63, 3.8) is 0 Å². The van der Waals surface area contributed by atoms with E-state index < -0.39 is 92.9 Å². The molecule has 0 heterocycles. The summed E-state index contributed by atoms with van der Waals surface area (Å²) in [6.07, 6.45) is 0. The van der Waals surface area contributed by atoms with Crippen LogP contribution in [-0.2, 0) is 49.9 Å². The summed E-state index contributed by atoms with van der Waals surface area (Å²) in [5.41, 5.74) is -17.3. The van der Waals surface area contributed by atoms with E-state index in [-0.39, 0.29) is 24.3 Å². The number of benzene rings is 2. The number of anilines is 2. The summed E-state index contributed by atoms with van der Waals surface area (Å²) in [4.78, 5) is 22.1. The van der Waals surface area contributed by atoms with Crippen molar-refractivity contribution >= 4 is 63.5 Å². The number of carbonyl (C=O) groups excluding carboxylic acids is 2. The van der Waals surface area contributed by atoms with Gasteiger partial charge in [-0.1, -0.05) is 24.3 Å². The Bertz CT molecular complexity index is 1670. The van der Waals surface area contributed by atoms with Crippen molar-refractivity contribution in [1.29, 1.82) is 0 Å². The summed E-state index contributed by atoms with van der Waals surface area (Å²) in [5, 5.41) is 0. The number of halogens is 6. The summed E-state index contributed by atoms with van der Waals surface area (Å²) in [6, 6.07) is 2.90. The van der Waals surface area contributed by atoms with Crippen LogP contribution in [0.3, 0.4) is 0 Å². The monoisotopic (exact) mass is 664 g/mol. The predicted molar refractivity (Wildman–Crippen MR) is 117 cm³/mol. The Morgan fingerprint density at radius 1 is 0.550 bits per heavy atom. The first-order valence-corrected chi connectivity index (χ1v) is 15.0. The second kappa shape index (κ2) is 10.3. The molecule has 0 aliphatic heterocycles. The molecule has 222 valence electrons. The number of sulfonamides is 2. The van der Waals surface area contributed by atoms with Gasteiger partial charge >= 0.3 is 42.9 Å². The van der Waals surface area contributed by atoms with E-state index in [1.807, 2.05) is 0 Å². The molecule has 2 aromatic carbocycles. The van der Waals surface area contributed by atoms with Crippen LogP contribution >= 0.6 is 0 Å². The summed E-state index contributed by atoms with van der Waals surface area (Å²) < 4.78 is 191. The van der Waals surface area contributed by atoms with Crippen molar-refractivity contribution in [2.75, 3.05) is 8.61 Å². The van der Waals surface area contributed by atoms with Gasteiger partial charge in [-0.3, -0.25) is 18.7 Å². The van der Waals surface area contributed by atoms with E-state index >= 15 is 0 Å². The Morgan fingerprint density at radius 3 is 1.02 bits per heavy atom. The molecule has 0 fully saturated rings. The van der Waals surface area contributed by atoms with Crippen LogP contribution in [0.5, 0.6) is 0 Å². The van der Waals surface area contributed by atoms with Crippen molar-refractivity contribution in [2.24, 2.45) is 0 Å². The third-order valence-corrected chi connectivity index (χ3v) is 9.00. The van der Waals surface area contributed by atoms with Crippen LogP contribution in [0.4, 0.5) is 37.7 Å². The maximum Gasteiger partial charge on any atom is 0.517 e. The Morgan fingerprint density at radius 2 is 0.800 bits per heavy atom. The largest absolute Gasteiger partial charge is 0.517 e. The first-order valence-electron chi connectivity index (χ1n) is 9.22. The van der Waals surface area contributed by atoms with Crippen molar-refractivity contribution in [2.45, 2.75) is 20.8 Å². The van der Waals surface area contributed by atoms with Crippen LogP contribution in [0.2, 0.25) is 0 Å². The van der Waals surface area contributed by atoms with Crippen LogP contribution in [0.25, 0.3) is 0 Å². The van der Waals surface area contributed by atoms with Gasteiger partial charge in [0.2, 0.25) is 0 Å². The van der Waals surface area contributed by atoms with E-state index in [2.05, 4.69) is 0 Å². The van der Waals surface area contributed by atoms with Gasteiger partial charge in [-0.15, -0.1) is 0 Å². The molecule has 2 aromatic rings. The maximum atomic E-state index is 13.5. The molecular weight excluding hydrogens is 654 g/mol. The first-order chi connectivity index (χ1) is 17.8. The molecule has 24 heteroatoms. The number of hydrogen-bond donors (Lipinski definition) is 2. The number of para-hydroxylation sites is 2. The number of carbonyl (C=O) groups is 2. The fourth-order valence-electron chi connectivity index (χ4n) is 2.76. The number of nitrogens with zero attached hydrogens (tertiary/aromatic N) is 2. The van der Waals surface area contributed by atoms with Gasteiger partial charge < -0.3 is 0 Å². The second-order valence-electron chi connectivity index (χ2n) is 6.93. The van der Waals surface area contributed by atoms with E-state index in [0.29, 0.717) is 24.3 Å². The van der Waals surface area contributed by atoms with Crippen molar-refractivity contribution < 1.29 is 78.7 Å². The van der Waals surface area contributed by atoms with E-state index in [9.17, 15) is 78.7 Å². The third kappa shape index (κ3) is 6.04. The molecular formula is C16H10F6N2O12S4. The van der Waals surface area contributed by atoms with Gasteiger partial charge in [0.05, 0.1) is 11.4 Å². The highest BCUT2D eigenvalue weighted by atomic mass is 32.2. The van der Waals surface area contributed by atoms with Gasteiger partial charge in [0, 0.05) is 0 Å². The van der Waals surface area contributed by atoms with Gasteiger partial charge in [0.15, 0.2) is 0 Å². The number of hydrogen-bond acceptors (Lipinski definition) is 10. The quantitative estimate of drug-likeness (QED) is 0.253. The van der Waals surface area contributed by atoms with Gasteiger partial charge in [0.25, 0.3) is 20.2 Å². The number of rotatable bonds is 6. The van der Waals surface area contributed by atoms with Crippen LogP contribution in [0.1, 0.15) is 0 Å². The molecule has 2 N–H and O–H groups in total. The Kier molecular flexibility index (Phi) is 8.43. The normalized spacial score (nSPS) is 13.5. The molecule has 0 spiro atoms. The summed E-state index contributed by atoms with van der Waals surface area (Å²) in [7, 11) is -26.2. The van der Waals surface area contributed by atoms with E-state index in [4.69, 9.17) is 0 Å². The van der Waals surface area contributed by atoms with Crippen LogP contribution in [0, 0.1) is 0 Å². The van der Waals surface area contributed by atoms with Gasteiger partial charge in [-0.05, 0) is 24.3 Å². The molecule has 2 amide bonds. The molecule has 0 atom stereocenters. The van der Waals surface area contributed by atoms with E-state index in [1.165, 1.54) is 0 Å². The first kappa shape index (κ1) is 32.9. The SMILES string of the molecule is O=C(C(=O)N(c1ccccc1S(=O)(=O)O)S(=O)(=O)C(F)(F)F)N(c1ccccc1S(=O)(=O)O)S(=O)(=O)C(F)(F)F. The smallest absolute Gasteiger partial charge is 0.282 e. The minimum Gasteiger partial charge on any atom is -0.282 e. The molecule has 14 nitrogen and oxygen atoms in total. The standard InChI is InChI=1S/C16H10F6N2O12S4/c17-15(18,19)39(33,34)23(9-5-1-3-7-11(9)37(27,28)29)13(25)14(26)24(40(35,36)16(20,21)22)10-6-2-4-8-12(10)38(30,31)32/h1-8H,(H,27,28,29)(H,30,31,32). The zero-order valence-electron chi connectivity index (χ0n) is 18.4. The highest BCUT2D eigenvalue weighted by molar-refractivity contribution is 7.95. The predicted octanol–water partition coefficient (Wildman–Crippen LogP) is 1.25. The topological polar surface area (TPSA) is 218 Å². The fraction of sp³-hybridized carbons (Fsp3) is 0.125. The molecule has 0 saturated heterocycles. The average molecular weight is 665 g/mol. The number of alkyl halides is 6. The Balaban J connectivity index is 3.06. The summed E-state index contributed by atoms with van der Waals surface area (Å²) in [6.45, 7) is 0. The van der Waals surface area contributed by atoms with Gasteiger partial charge in [-0.2, -0.15) is 68.6 Å². The molecule has 2 rings (SSSR count). The summed E-state index contributed by atoms with van der Waals surface area (Å²) in [5.74, 6) is -6.71. The fourth-order valence-corrected chi connectivity index (χ4v) is 6.07. The van der Waals surface area contributed by atoms with E-state index in [1.54, 1.807) is 0 Å². The molecule has 0 saturated carbocycles. The molecule has 0 bridgehead atoms. The summed E-state index contributed by atoms with van der Waals surface area (Å²) >= 11 is 0. The lowest BCUT2D eigenvalue weighted by Crippen LogP contribution is -2.55. The molecule has 40 heavy (non-hydrogen) atoms. The molecule has 0 unspecified atom stereocenters. The minimum atomic E-state index is -7.34. The minimum absolute atomic E-state index is 0.0618. The van der Waals surface area contributed by atoms with Crippen LogP contribution in [0.15, 0.2) is 58.3 Å².